The summed E-state index contributed by atoms with van der Waals surface area (Å²) in [4.78, 5) is 31.2. The molecule has 30 heavy (non-hydrogen) atoms. The molecule has 1 atom stereocenters. The van der Waals surface area contributed by atoms with Gasteiger partial charge in [0.1, 0.15) is 5.82 Å². The molecule has 1 saturated heterocycles. The first-order chi connectivity index (χ1) is 14.6. The number of halogens is 1. The Balaban J connectivity index is 1.22. The number of nitrogens with zero attached hydrogens (tertiary/aromatic N) is 3. The third-order valence-electron chi connectivity index (χ3n) is 5.51. The molecular weight excluding hydrogens is 402 g/mol. The highest BCUT2D eigenvalue weighted by molar-refractivity contribution is 6.30. The molecule has 7 nitrogen and oxygen atoms in total. The molecule has 2 amide bonds. The maximum absolute atomic E-state index is 12.7. The monoisotopic (exact) mass is 421 g/mol. The predicted octanol–water partition coefficient (Wildman–Crippen LogP) is 3.99. The van der Waals surface area contributed by atoms with Gasteiger partial charge in [-0.05, 0) is 61.4 Å². The van der Waals surface area contributed by atoms with E-state index in [0.717, 1.165) is 17.1 Å². The van der Waals surface area contributed by atoms with Gasteiger partial charge >= 0.3 is 0 Å². The van der Waals surface area contributed by atoms with Crippen molar-refractivity contribution in [2.45, 2.75) is 25.2 Å². The Labute approximate surface area is 178 Å². The lowest BCUT2D eigenvalue weighted by Gasteiger charge is -2.16. The number of benzene rings is 2. The summed E-state index contributed by atoms with van der Waals surface area (Å²) in [7, 11) is 0. The van der Waals surface area contributed by atoms with Crippen molar-refractivity contribution in [3.05, 3.63) is 59.4 Å². The topological polar surface area (TPSA) is 91.0 Å². The number of amides is 2. The molecule has 2 heterocycles. The van der Waals surface area contributed by atoms with Gasteiger partial charge in [0.25, 0.3) is 0 Å². The van der Waals surface area contributed by atoms with E-state index in [0.29, 0.717) is 29.0 Å². The summed E-state index contributed by atoms with van der Waals surface area (Å²) in [6.07, 6.45) is 2.52. The first kappa shape index (κ1) is 18.8. The zero-order valence-corrected chi connectivity index (χ0v) is 16.9. The number of hydrogen-bond acceptors (Lipinski definition) is 4. The number of H-pyrrole nitrogens is 1. The van der Waals surface area contributed by atoms with Crippen molar-refractivity contribution in [2.75, 3.05) is 16.8 Å². The second-order valence-corrected chi connectivity index (χ2v) is 8.20. The summed E-state index contributed by atoms with van der Waals surface area (Å²) in [5.41, 5.74) is 2.32. The van der Waals surface area contributed by atoms with E-state index in [9.17, 15) is 9.59 Å². The van der Waals surface area contributed by atoms with E-state index in [-0.39, 0.29) is 18.2 Å². The fourth-order valence-electron chi connectivity index (χ4n) is 3.64. The summed E-state index contributed by atoms with van der Waals surface area (Å²) < 4.78 is 0. The van der Waals surface area contributed by atoms with Gasteiger partial charge in [-0.3, -0.25) is 14.7 Å². The molecule has 1 aliphatic carbocycles. The molecule has 8 heteroatoms. The highest BCUT2D eigenvalue weighted by Gasteiger charge is 2.35. The molecule has 1 aliphatic heterocycles. The van der Waals surface area contributed by atoms with E-state index in [1.165, 1.54) is 12.8 Å². The molecule has 1 aromatic heterocycles. The summed E-state index contributed by atoms with van der Waals surface area (Å²) in [5.74, 6) is 1.49. The highest BCUT2D eigenvalue weighted by atomic mass is 35.5. The molecule has 1 saturated carbocycles. The molecule has 0 bridgehead atoms. The van der Waals surface area contributed by atoms with Crippen LogP contribution in [0.15, 0.2) is 48.5 Å². The molecular formula is C22H20ClN5O2. The summed E-state index contributed by atoms with van der Waals surface area (Å²) in [6.45, 7) is 0.353. The molecule has 0 spiro atoms. The van der Waals surface area contributed by atoms with Crippen LogP contribution in [0.3, 0.4) is 0 Å². The average molecular weight is 422 g/mol. The van der Waals surface area contributed by atoms with Crippen LogP contribution in [0, 0.1) is 5.92 Å². The fraction of sp³-hybridized carbons (Fsp3) is 0.273. The normalized spacial score (nSPS) is 18.6. The van der Waals surface area contributed by atoms with Crippen LogP contribution in [0.2, 0.25) is 5.02 Å². The van der Waals surface area contributed by atoms with Crippen molar-refractivity contribution in [3.8, 4) is 11.4 Å². The van der Waals surface area contributed by atoms with E-state index in [2.05, 4.69) is 20.5 Å². The Morgan fingerprint density at radius 1 is 1.10 bits per heavy atom. The zero-order chi connectivity index (χ0) is 20.7. The first-order valence-electron chi connectivity index (χ1n) is 9.96. The maximum atomic E-state index is 12.7. The van der Waals surface area contributed by atoms with Crippen molar-refractivity contribution in [3.63, 3.8) is 0 Å². The van der Waals surface area contributed by atoms with Crippen molar-refractivity contribution in [1.29, 1.82) is 0 Å². The van der Waals surface area contributed by atoms with Crippen LogP contribution in [0.5, 0.6) is 0 Å². The van der Waals surface area contributed by atoms with Gasteiger partial charge in [0, 0.05) is 40.8 Å². The van der Waals surface area contributed by atoms with Gasteiger partial charge in [-0.1, -0.05) is 11.6 Å². The Kier molecular flexibility index (Phi) is 4.75. The second-order valence-electron chi connectivity index (χ2n) is 7.77. The van der Waals surface area contributed by atoms with Crippen molar-refractivity contribution in [2.24, 2.45) is 5.92 Å². The van der Waals surface area contributed by atoms with Gasteiger partial charge in [0.2, 0.25) is 11.8 Å². The fourth-order valence-corrected chi connectivity index (χ4v) is 3.77. The molecule has 2 aliphatic rings. The van der Waals surface area contributed by atoms with E-state index >= 15 is 0 Å². The largest absolute Gasteiger partial charge is 0.326 e. The van der Waals surface area contributed by atoms with E-state index in [1.54, 1.807) is 29.2 Å². The minimum atomic E-state index is -0.401. The van der Waals surface area contributed by atoms with Crippen LogP contribution >= 0.6 is 11.6 Å². The number of carbonyl (C=O) groups excluding carboxylic acids is 2. The minimum absolute atomic E-state index is 0.0658. The number of anilines is 2. The molecule has 0 radical (unpaired) electrons. The molecule has 2 fully saturated rings. The lowest BCUT2D eigenvalue weighted by molar-refractivity contribution is -0.122. The number of hydrogen-bond donors (Lipinski definition) is 2. The van der Waals surface area contributed by atoms with Crippen LogP contribution in [-0.2, 0) is 9.59 Å². The lowest BCUT2D eigenvalue weighted by Crippen LogP contribution is -2.28. The number of aromatic nitrogens is 3. The molecule has 0 unspecified atom stereocenters. The van der Waals surface area contributed by atoms with Crippen molar-refractivity contribution >= 4 is 34.8 Å². The summed E-state index contributed by atoms with van der Waals surface area (Å²) >= 11 is 5.91. The van der Waals surface area contributed by atoms with Gasteiger partial charge < -0.3 is 10.2 Å². The Hall–Kier alpha value is -3.19. The van der Waals surface area contributed by atoms with Gasteiger partial charge in [0.05, 0.1) is 5.92 Å². The van der Waals surface area contributed by atoms with Crippen LogP contribution in [0.25, 0.3) is 11.4 Å². The zero-order valence-electron chi connectivity index (χ0n) is 16.1. The Morgan fingerprint density at radius 3 is 2.53 bits per heavy atom. The third kappa shape index (κ3) is 3.80. The number of nitrogens with one attached hydrogen (secondary N) is 2. The third-order valence-corrected chi connectivity index (χ3v) is 5.76. The van der Waals surface area contributed by atoms with E-state index in [4.69, 9.17) is 11.6 Å². The maximum Gasteiger partial charge on any atom is 0.229 e. The summed E-state index contributed by atoms with van der Waals surface area (Å²) in [5, 5.41) is 10.8. The second kappa shape index (κ2) is 7.57. The van der Waals surface area contributed by atoms with Gasteiger partial charge in [-0.2, -0.15) is 5.10 Å². The highest BCUT2D eigenvalue weighted by Crippen LogP contribution is 2.38. The smallest absolute Gasteiger partial charge is 0.229 e. The van der Waals surface area contributed by atoms with E-state index < -0.39 is 5.92 Å². The number of rotatable bonds is 5. The Morgan fingerprint density at radius 2 is 1.83 bits per heavy atom. The SMILES string of the molecule is O=C(Nc1ccc(-c2n[nH]c(C3CC3)n2)cc1)[C@H]1CC(=O)N(c2ccc(Cl)cc2)C1. The van der Waals surface area contributed by atoms with Crippen LogP contribution in [-0.4, -0.2) is 33.5 Å². The standard InChI is InChI=1S/C22H20ClN5O2/c23-16-5-9-18(10-6-16)28-12-15(11-19(28)29)22(30)24-17-7-3-14(4-8-17)21-25-20(26-27-21)13-1-2-13/h3-10,13,15H,1-2,11-12H2,(H,24,30)(H,25,26,27)/t15-/m0/s1. The quantitative estimate of drug-likeness (QED) is 0.651. The average Bonchev–Trinajstić information content (AvgIpc) is 3.35. The van der Waals surface area contributed by atoms with Crippen LogP contribution in [0.1, 0.15) is 31.0 Å². The molecule has 5 rings (SSSR count). The minimum Gasteiger partial charge on any atom is -0.326 e. The molecule has 2 N–H and O–H groups in total. The Bertz CT molecular complexity index is 1090. The van der Waals surface area contributed by atoms with Gasteiger partial charge in [-0.15, -0.1) is 0 Å². The van der Waals surface area contributed by atoms with Gasteiger partial charge in [0.15, 0.2) is 5.82 Å². The predicted molar refractivity (Wildman–Crippen MR) is 114 cm³/mol. The first-order valence-corrected chi connectivity index (χ1v) is 10.3. The number of aromatic amines is 1. The van der Waals surface area contributed by atoms with Crippen molar-refractivity contribution in [1.82, 2.24) is 15.2 Å². The van der Waals surface area contributed by atoms with Gasteiger partial charge in [-0.25, -0.2) is 4.98 Å². The van der Waals surface area contributed by atoms with E-state index in [1.807, 2.05) is 24.3 Å². The van der Waals surface area contributed by atoms with Crippen molar-refractivity contribution < 1.29 is 9.59 Å². The molecule has 2 aromatic carbocycles. The molecule has 3 aromatic rings. The van der Waals surface area contributed by atoms with Crippen LogP contribution in [0.4, 0.5) is 11.4 Å². The summed E-state index contributed by atoms with van der Waals surface area (Å²) in [6, 6.07) is 14.5. The molecule has 152 valence electrons. The number of carbonyl (C=O) groups is 2. The lowest BCUT2D eigenvalue weighted by atomic mass is 10.1. The van der Waals surface area contributed by atoms with Crippen LogP contribution < -0.4 is 10.2 Å².